The highest BCUT2D eigenvalue weighted by atomic mass is 79.9. The molecule has 0 amide bonds. The van der Waals surface area contributed by atoms with Gasteiger partial charge in [-0.1, -0.05) is 40.2 Å². The van der Waals surface area contributed by atoms with Crippen molar-refractivity contribution in [2.45, 2.75) is 13.0 Å². The number of anilines is 1. The molecule has 0 radical (unpaired) electrons. The van der Waals surface area contributed by atoms with E-state index in [-0.39, 0.29) is 11.9 Å². The first-order valence-electron chi connectivity index (χ1n) is 6.67. The number of rotatable bonds is 2. The number of aryl methyl sites for hydroxylation is 1. The van der Waals surface area contributed by atoms with E-state index in [2.05, 4.69) is 20.9 Å². The number of hydrogen-bond donors (Lipinski definition) is 1. The lowest BCUT2D eigenvalue weighted by Crippen LogP contribution is -2.36. The highest BCUT2D eigenvalue weighted by Gasteiger charge is 2.30. The Kier molecular flexibility index (Phi) is 3.68. The molecule has 1 aliphatic heterocycles. The number of hydrogen-bond acceptors (Lipinski definition) is 3. The van der Waals surface area contributed by atoms with Crippen LogP contribution in [0.5, 0.6) is 0 Å². The van der Waals surface area contributed by atoms with E-state index < -0.39 is 0 Å². The summed E-state index contributed by atoms with van der Waals surface area (Å²) in [5.74, 6) is 0.227. The monoisotopic (exact) mass is 347 g/mol. The Bertz CT molecular complexity index is 714. The van der Waals surface area contributed by atoms with Gasteiger partial charge in [0, 0.05) is 10.2 Å². The van der Waals surface area contributed by atoms with Gasteiger partial charge in [0.05, 0.1) is 12.6 Å². The summed E-state index contributed by atoms with van der Waals surface area (Å²) in [4.78, 5) is 6.37. The van der Waals surface area contributed by atoms with Crippen LogP contribution in [-0.2, 0) is 0 Å². The second kappa shape index (κ2) is 5.48. The van der Waals surface area contributed by atoms with Crippen molar-refractivity contribution in [1.29, 1.82) is 0 Å². The van der Waals surface area contributed by atoms with Crippen molar-refractivity contribution in [3.63, 3.8) is 0 Å². The molecule has 2 aromatic rings. The lowest BCUT2D eigenvalue weighted by Gasteiger charge is -2.28. The topological polar surface area (TPSA) is 41.6 Å². The molecule has 21 heavy (non-hydrogen) atoms. The summed E-state index contributed by atoms with van der Waals surface area (Å²) in [5.41, 5.74) is 9.20. The molecule has 0 saturated carbocycles. The third-order valence-corrected chi connectivity index (χ3v) is 4.37. The van der Waals surface area contributed by atoms with Crippen LogP contribution in [0, 0.1) is 12.7 Å². The van der Waals surface area contributed by atoms with E-state index in [0.29, 0.717) is 12.5 Å². The van der Waals surface area contributed by atoms with Gasteiger partial charge in [-0.15, -0.1) is 0 Å². The third kappa shape index (κ3) is 2.53. The predicted molar refractivity (Wildman–Crippen MR) is 87.0 cm³/mol. The quantitative estimate of drug-likeness (QED) is 0.898. The van der Waals surface area contributed by atoms with Crippen molar-refractivity contribution in [3.8, 4) is 0 Å². The second-order valence-corrected chi connectivity index (χ2v) is 5.89. The molecule has 1 heterocycles. The number of aliphatic imine (C=N–C) groups is 1. The second-order valence-electron chi connectivity index (χ2n) is 5.04. The Morgan fingerprint density at radius 3 is 2.76 bits per heavy atom. The van der Waals surface area contributed by atoms with E-state index in [1.807, 2.05) is 36.1 Å². The van der Waals surface area contributed by atoms with Crippen molar-refractivity contribution in [3.05, 3.63) is 63.9 Å². The van der Waals surface area contributed by atoms with Crippen molar-refractivity contribution in [1.82, 2.24) is 0 Å². The first kappa shape index (κ1) is 14.1. The average molecular weight is 348 g/mol. The van der Waals surface area contributed by atoms with Gasteiger partial charge in [0.1, 0.15) is 5.82 Å². The summed E-state index contributed by atoms with van der Waals surface area (Å²) in [6.07, 6.45) is 0. The van der Waals surface area contributed by atoms with Gasteiger partial charge in [0.25, 0.3) is 0 Å². The molecule has 0 aromatic heterocycles. The maximum atomic E-state index is 13.3. The van der Waals surface area contributed by atoms with E-state index in [9.17, 15) is 4.39 Å². The lowest BCUT2D eigenvalue weighted by molar-refractivity contribution is 0.624. The maximum Gasteiger partial charge on any atom is 0.196 e. The van der Waals surface area contributed by atoms with Gasteiger partial charge in [0.15, 0.2) is 5.96 Å². The summed E-state index contributed by atoms with van der Waals surface area (Å²) in [6.45, 7) is 2.60. The van der Waals surface area contributed by atoms with Crippen LogP contribution < -0.4 is 10.6 Å². The van der Waals surface area contributed by atoms with Crippen molar-refractivity contribution >= 4 is 27.6 Å². The number of para-hydroxylation sites is 1. The molecule has 0 saturated heterocycles. The standard InChI is InChI=1S/C16H15BrFN3/c1-10-4-2-3-5-14(10)21-15(9-20-16(21)19)12-7-6-11(18)8-13(12)17/h2-8,15H,9H2,1H3,(H2,19,20). The van der Waals surface area contributed by atoms with Crippen LogP contribution in [0.25, 0.3) is 0 Å². The molecule has 2 aromatic carbocycles. The zero-order valence-corrected chi connectivity index (χ0v) is 13.1. The van der Waals surface area contributed by atoms with Crippen molar-refractivity contribution in [2.75, 3.05) is 11.4 Å². The van der Waals surface area contributed by atoms with Crippen LogP contribution in [0.3, 0.4) is 0 Å². The molecule has 0 spiro atoms. The smallest absolute Gasteiger partial charge is 0.196 e. The van der Waals surface area contributed by atoms with E-state index in [0.717, 1.165) is 21.3 Å². The number of nitrogens with zero attached hydrogens (tertiary/aromatic N) is 2. The van der Waals surface area contributed by atoms with E-state index in [1.165, 1.54) is 12.1 Å². The van der Waals surface area contributed by atoms with Crippen molar-refractivity contribution in [2.24, 2.45) is 10.7 Å². The Hall–Kier alpha value is -1.88. The molecule has 3 nitrogen and oxygen atoms in total. The zero-order chi connectivity index (χ0) is 15.0. The summed E-state index contributed by atoms with van der Waals surface area (Å²) in [6, 6.07) is 12.7. The number of guanidine groups is 1. The molecule has 108 valence electrons. The fourth-order valence-electron chi connectivity index (χ4n) is 2.63. The first-order chi connectivity index (χ1) is 10.1. The number of halogens is 2. The Labute approximate surface area is 131 Å². The van der Waals surface area contributed by atoms with Crippen LogP contribution in [0.15, 0.2) is 51.9 Å². The van der Waals surface area contributed by atoms with Gasteiger partial charge in [-0.2, -0.15) is 0 Å². The minimum Gasteiger partial charge on any atom is -0.369 e. The predicted octanol–water partition coefficient (Wildman–Crippen LogP) is 3.77. The molecular weight excluding hydrogens is 333 g/mol. The first-order valence-corrected chi connectivity index (χ1v) is 7.47. The van der Waals surface area contributed by atoms with Crippen LogP contribution >= 0.6 is 15.9 Å². The molecule has 0 aliphatic carbocycles. The highest BCUT2D eigenvalue weighted by molar-refractivity contribution is 9.10. The molecule has 1 aliphatic rings. The van der Waals surface area contributed by atoms with Crippen molar-refractivity contribution < 1.29 is 4.39 Å². The Morgan fingerprint density at radius 2 is 2.05 bits per heavy atom. The van der Waals surface area contributed by atoms with Gasteiger partial charge in [0.2, 0.25) is 0 Å². The number of benzene rings is 2. The number of nitrogens with two attached hydrogens (primary N) is 1. The fourth-order valence-corrected chi connectivity index (χ4v) is 3.25. The van der Waals surface area contributed by atoms with E-state index in [1.54, 1.807) is 6.07 Å². The SMILES string of the molecule is Cc1ccccc1N1C(N)=NCC1c1ccc(F)cc1Br. The van der Waals surface area contributed by atoms with Gasteiger partial charge in [-0.3, -0.25) is 4.99 Å². The molecule has 3 rings (SSSR count). The van der Waals surface area contributed by atoms with Crippen LogP contribution in [0.4, 0.5) is 10.1 Å². The molecule has 5 heteroatoms. The Balaban J connectivity index is 2.05. The van der Waals surface area contributed by atoms with Crippen LogP contribution in [0.2, 0.25) is 0 Å². The molecule has 2 N–H and O–H groups in total. The third-order valence-electron chi connectivity index (χ3n) is 3.68. The van der Waals surface area contributed by atoms with Gasteiger partial charge >= 0.3 is 0 Å². The highest BCUT2D eigenvalue weighted by Crippen LogP contribution is 2.36. The zero-order valence-electron chi connectivity index (χ0n) is 11.6. The largest absolute Gasteiger partial charge is 0.369 e. The summed E-state index contributed by atoms with van der Waals surface area (Å²) < 4.78 is 14.0. The minimum atomic E-state index is -0.264. The molecule has 1 atom stereocenters. The van der Waals surface area contributed by atoms with Crippen LogP contribution in [-0.4, -0.2) is 12.5 Å². The van der Waals surface area contributed by atoms with Crippen LogP contribution in [0.1, 0.15) is 17.2 Å². The minimum absolute atomic E-state index is 0.0268. The molecule has 1 unspecified atom stereocenters. The summed E-state index contributed by atoms with van der Waals surface area (Å²) >= 11 is 3.44. The van der Waals surface area contributed by atoms with E-state index in [4.69, 9.17) is 5.73 Å². The maximum absolute atomic E-state index is 13.3. The summed E-state index contributed by atoms with van der Waals surface area (Å²) in [5, 5.41) is 0. The van der Waals surface area contributed by atoms with E-state index >= 15 is 0 Å². The summed E-state index contributed by atoms with van der Waals surface area (Å²) in [7, 11) is 0. The fraction of sp³-hybridized carbons (Fsp3) is 0.188. The van der Waals surface area contributed by atoms with Gasteiger partial charge in [-0.25, -0.2) is 4.39 Å². The molecule has 0 fully saturated rings. The molecule has 0 bridgehead atoms. The Morgan fingerprint density at radius 1 is 1.29 bits per heavy atom. The van der Waals surface area contributed by atoms with Gasteiger partial charge in [-0.05, 0) is 36.2 Å². The van der Waals surface area contributed by atoms with Gasteiger partial charge < -0.3 is 10.6 Å². The molecular formula is C16H15BrFN3. The average Bonchev–Trinajstić information content (AvgIpc) is 2.81. The normalized spacial score (nSPS) is 18.0. The lowest BCUT2D eigenvalue weighted by atomic mass is 10.0.